The molecule has 0 spiro atoms. The summed E-state index contributed by atoms with van der Waals surface area (Å²) in [7, 11) is 48.7. The van der Waals surface area contributed by atoms with E-state index >= 15 is 0 Å². The number of hydrogen-bond donors (Lipinski definition) is 0. The molecule has 11 rings (SSSR count). The minimum Gasteiger partial charge on any atom is -0.456 e. The van der Waals surface area contributed by atoms with Crippen molar-refractivity contribution in [3.63, 3.8) is 0 Å². The van der Waals surface area contributed by atoms with Crippen molar-refractivity contribution in [2.24, 2.45) is 0 Å². The highest BCUT2D eigenvalue weighted by Crippen LogP contribution is 2.41. The van der Waals surface area contributed by atoms with E-state index in [0.29, 0.717) is 49.3 Å². The standard InChI is InChI=1S/C48H23B7N2O/c49-39-35(25-21-22-31-30(23-25)28-17-9-16-27(24-11-3-1-4-12-24)46(28)56(31)26-13-5-2-6-14-26)40(50)44(54)47-37(39)38-41(51)42(52)43(53)45(55)48(38)57(47)32-18-10-20-34-36(32)29-15-7-8-19-33(29)58-34/h1-23H. The zero-order valence-corrected chi connectivity index (χ0v) is 31.1. The SMILES string of the molecule is [B]c1c([B])c([B])c2c(c1[B])c1c([B])c(-c3ccc4c(c3)c3cccc(-c5ccccc5)c3n4-c3ccccc3)c([B])c([B])c1n2-c1cccc2oc3ccccc3c12. The minimum atomic E-state index is 0.164. The zero-order chi connectivity index (χ0) is 39.6. The maximum absolute atomic E-state index is 7.38. The Labute approximate surface area is 343 Å². The number of fused-ring (bicyclic) bond motifs is 9. The second-order valence-electron chi connectivity index (χ2n) is 14.8. The van der Waals surface area contributed by atoms with E-state index in [1.807, 2.05) is 65.2 Å². The summed E-state index contributed by atoms with van der Waals surface area (Å²) in [6, 6.07) is 47.2. The Morgan fingerprint density at radius 3 is 1.78 bits per heavy atom. The highest BCUT2D eigenvalue weighted by molar-refractivity contribution is 6.69. The number of furan rings is 1. The van der Waals surface area contributed by atoms with E-state index in [4.69, 9.17) is 59.3 Å². The first-order valence-electron chi connectivity index (χ1n) is 18.9. The summed E-state index contributed by atoms with van der Waals surface area (Å²) < 4.78 is 10.6. The van der Waals surface area contributed by atoms with E-state index in [9.17, 15) is 0 Å². The van der Waals surface area contributed by atoms with Crippen molar-refractivity contribution in [1.82, 2.24) is 9.13 Å². The molecule has 0 bridgehead atoms. The summed E-state index contributed by atoms with van der Waals surface area (Å²) in [6.45, 7) is 0. The molecule has 252 valence electrons. The number of nitrogens with zero attached hydrogens (tertiary/aromatic N) is 2. The Morgan fingerprint density at radius 1 is 0.379 bits per heavy atom. The van der Waals surface area contributed by atoms with Gasteiger partial charge in [0.25, 0.3) is 0 Å². The molecule has 8 aromatic carbocycles. The van der Waals surface area contributed by atoms with E-state index in [-0.39, 0.29) is 21.9 Å². The third-order valence-corrected chi connectivity index (χ3v) is 11.7. The number of para-hydroxylation sites is 3. The van der Waals surface area contributed by atoms with Gasteiger partial charge in [0.2, 0.25) is 0 Å². The first-order valence-corrected chi connectivity index (χ1v) is 18.9. The fourth-order valence-corrected chi connectivity index (χ4v) is 9.11. The Hall–Kier alpha value is -6.39. The third kappa shape index (κ3) is 4.72. The maximum Gasteiger partial charge on any atom is 0.137 e. The van der Waals surface area contributed by atoms with Crippen LogP contribution in [0.1, 0.15) is 0 Å². The van der Waals surface area contributed by atoms with E-state index in [2.05, 4.69) is 83.4 Å². The minimum absolute atomic E-state index is 0.164. The molecule has 3 aromatic heterocycles. The number of rotatable bonds is 4. The topological polar surface area (TPSA) is 23.0 Å². The van der Waals surface area contributed by atoms with E-state index in [1.54, 1.807) is 0 Å². The van der Waals surface area contributed by atoms with Gasteiger partial charge in [0, 0.05) is 43.8 Å². The molecule has 3 heterocycles. The summed E-state index contributed by atoms with van der Waals surface area (Å²) in [6.07, 6.45) is 0. The van der Waals surface area contributed by atoms with Crippen molar-refractivity contribution >= 4 is 159 Å². The molecule has 0 N–H and O–H groups in total. The molecule has 0 aliphatic carbocycles. The average Bonchev–Trinajstić information content (AvgIpc) is 3.93. The second kappa shape index (κ2) is 12.8. The van der Waals surface area contributed by atoms with E-state index in [0.717, 1.165) is 66.2 Å². The van der Waals surface area contributed by atoms with Crippen LogP contribution in [0.4, 0.5) is 0 Å². The van der Waals surface area contributed by atoms with Gasteiger partial charge in [0.15, 0.2) is 0 Å². The summed E-state index contributed by atoms with van der Waals surface area (Å²) in [5, 5.41) is 4.95. The monoisotopic (exact) mass is 720 g/mol. The summed E-state index contributed by atoms with van der Waals surface area (Å²) >= 11 is 0. The van der Waals surface area contributed by atoms with Gasteiger partial charge in [0.1, 0.15) is 66.1 Å². The van der Waals surface area contributed by atoms with Crippen molar-refractivity contribution in [3.8, 4) is 33.6 Å². The van der Waals surface area contributed by atoms with Crippen LogP contribution in [-0.4, -0.2) is 64.1 Å². The zero-order valence-electron chi connectivity index (χ0n) is 31.1. The van der Waals surface area contributed by atoms with E-state index in [1.165, 1.54) is 0 Å². The van der Waals surface area contributed by atoms with Crippen LogP contribution in [-0.2, 0) is 0 Å². The summed E-state index contributed by atoms with van der Waals surface area (Å²) in [5.41, 5.74) is 11.7. The van der Waals surface area contributed by atoms with Gasteiger partial charge in [-0.2, -0.15) is 0 Å². The van der Waals surface area contributed by atoms with Gasteiger partial charge < -0.3 is 13.6 Å². The molecule has 0 saturated heterocycles. The number of aromatic nitrogens is 2. The molecule has 0 fully saturated rings. The highest BCUT2D eigenvalue weighted by atomic mass is 16.3. The van der Waals surface area contributed by atoms with Crippen LogP contribution in [0, 0.1) is 0 Å². The van der Waals surface area contributed by atoms with Crippen LogP contribution < -0.4 is 38.2 Å². The van der Waals surface area contributed by atoms with Gasteiger partial charge >= 0.3 is 0 Å². The normalized spacial score (nSPS) is 11.9. The molecule has 3 nitrogen and oxygen atoms in total. The lowest BCUT2D eigenvalue weighted by molar-refractivity contribution is 0.669. The van der Waals surface area contributed by atoms with Gasteiger partial charge in [0.05, 0.1) is 22.1 Å². The Kier molecular flexibility index (Phi) is 7.69. The summed E-state index contributed by atoms with van der Waals surface area (Å²) in [5.74, 6) is 0. The molecule has 0 unspecified atom stereocenters. The molecular weight excluding hydrogens is 696 g/mol. The predicted molar refractivity (Wildman–Crippen MR) is 251 cm³/mol. The van der Waals surface area contributed by atoms with Crippen LogP contribution in [0.25, 0.3) is 99.2 Å². The van der Waals surface area contributed by atoms with E-state index < -0.39 is 0 Å². The van der Waals surface area contributed by atoms with Crippen molar-refractivity contribution < 1.29 is 4.42 Å². The Bertz CT molecular complexity index is 3530. The lowest BCUT2D eigenvalue weighted by Gasteiger charge is -2.19. The maximum atomic E-state index is 7.38. The van der Waals surface area contributed by atoms with Crippen molar-refractivity contribution in [2.45, 2.75) is 0 Å². The van der Waals surface area contributed by atoms with Crippen LogP contribution in [0.3, 0.4) is 0 Å². The molecule has 0 aliphatic rings. The van der Waals surface area contributed by atoms with Gasteiger partial charge in [-0.3, -0.25) is 0 Å². The lowest BCUT2D eigenvalue weighted by atomic mass is 9.64. The van der Waals surface area contributed by atoms with Gasteiger partial charge in [-0.25, -0.2) is 0 Å². The molecule has 0 saturated carbocycles. The number of benzene rings is 8. The fraction of sp³-hybridized carbons (Fsp3) is 0. The fourth-order valence-electron chi connectivity index (χ4n) is 9.11. The molecule has 0 aliphatic heterocycles. The predicted octanol–water partition coefficient (Wildman–Crippen LogP) is 4.67. The molecule has 10 heteroatoms. The molecule has 11 aromatic rings. The van der Waals surface area contributed by atoms with Crippen molar-refractivity contribution in [1.29, 1.82) is 0 Å². The molecule has 58 heavy (non-hydrogen) atoms. The van der Waals surface area contributed by atoms with Gasteiger partial charge in [-0.05, 0) is 64.5 Å². The van der Waals surface area contributed by atoms with Gasteiger partial charge in [-0.15, -0.1) is 10.9 Å². The quantitative estimate of drug-likeness (QED) is 0.243. The van der Waals surface area contributed by atoms with Crippen LogP contribution in [0.5, 0.6) is 0 Å². The van der Waals surface area contributed by atoms with Crippen LogP contribution in [0.15, 0.2) is 144 Å². The Balaban J connectivity index is 1.26. The first kappa shape index (κ1) is 34.8. The third-order valence-electron chi connectivity index (χ3n) is 11.7. The van der Waals surface area contributed by atoms with Gasteiger partial charge in [-0.1, -0.05) is 124 Å². The Morgan fingerprint density at radius 2 is 1.00 bits per heavy atom. The largest absolute Gasteiger partial charge is 0.456 e. The lowest BCUT2D eigenvalue weighted by Crippen LogP contribution is -2.48. The summed E-state index contributed by atoms with van der Waals surface area (Å²) in [4.78, 5) is 0. The molecular formula is C48H23B7N2O. The smallest absolute Gasteiger partial charge is 0.137 e. The van der Waals surface area contributed by atoms with Crippen molar-refractivity contribution in [3.05, 3.63) is 140 Å². The highest BCUT2D eigenvalue weighted by Gasteiger charge is 2.26. The van der Waals surface area contributed by atoms with Crippen LogP contribution in [0.2, 0.25) is 0 Å². The second-order valence-corrected chi connectivity index (χ2v) is 14.8. The molecule has 0 amide bonds. The van der Waals surface area contributed by atoms with Crippen LogP contribution >= 0.6 is 0 Å². The number of hydrogen-bond acceptors (Lipinski definition) is 1. The van der Waals surface area contributed by atoms with Crippen molar-refractivity contribution in [2.75, 3.05) is 0 Å². The molecule has 14 radical (unpaired) electrons. The molecule has 0 atom stereocenters. The average molecular weight is 719 g/mol. The first-order chi connectivity index (χ1) is 28.2.